The molecule has 130 valence electrons. The standard InChI is InChI=1S/C22H37N/c1-3-5-6-7-8-9-11-19-13-15-20(16-14-19)18-21-12-10-17-22(21,23)4-2/h13-16,21H,3-12,17-18,23H2,1-2H3/t21-,22+/m1/s1. The van der Waals surface area contributed by atoms with Crippen molar-refractivity contribution in [2.45, 2.75) is 96.4 Å². The molecule has 1 aliphatic carbocycles. The normalized spacial score (nSPS) is 24.2. The van der Waals surface area contributed by atoms with E-state index in [0.717, 1.165) is 6.42 Å². The molecule has 0 unspecified atom stereocenters. The van der Waals surface area contributed by atoms with Crippen molar-refractivity contribution in [3.8, 4) is 0 Å². The van der Waals surface area contributed by atoms with Gasteiger partial charge in [-0.15, -0.1) is 0 Å². The van der Waals surface area contributed by atoms with E-state index in [1.54, 1.807) is 0 Å². The summed E-state index contributed by atoms with van der Waals surface area (Å²) in [5.74, 6) is 0.678. The molecule has 23 heavy (non-hydrogen) atoms. The van der Waals surface area contributed by atoms with E-state index in [4.69, 9.17) is 5.73 Å². The van der Waals surface area contributed by atoms with E-state index in [2.05, 4.69) is 38.1 Å². The van der Waals surface area contributed by atoms with E-state index in [0.29, 0.717) is 5.92 Å². The second-order valence-electron chi connectivity index (χ2n) is 7.71. The quantitative estimate of drug-likeness (QED) is 0.523. The maximum absolute atomic E-state index is 6.60. The van der Waals surface area contributed by atoms with Crippen LogP contribution in [0.1, 0.15) is 89.2 Å². The fraction of sp³-hybridized carbons (Fsp3) is 0.727. The lowest BCUT2D eigenvalue weighted by molar-refractivity contribution is 0.304. The van der Waals surface area contributed by atoms with Gasteiger partial charge < -0.3 is 5.73 Å². The zero-order valence-corrected chi connectivity index (χ0v) is 15.4. The highest BCUT2D eigenvalue weighted by Gasteiger charge is 2.37. The molecule has 0 radical (unpaired) electrons. The number of rotatable bonds is 10. The van der Waals surface area contributed by atoms with Crippen LogP contribution in [0, 0.1) is 5.92 Å². The average Bonchev–Trinajstić information content (AvgIpc) is 2.94. The molecule has 0 aliphatic heterocycles. The fourth-order valence-corrected chi connectivity index (χ4v) is 4.18. The van der Waals surface area contributed by atoms with Crippen LogP contribution in [0.3, 0.4) is 0 Å². The second kappa shape index (κ2) is 9.47. The molecule has 1 nitrogen and oxygen atoms in total. The van der Waals surface area contributed by atoms with Crippen LogP contribution in [0.15, 0.2) is 24.3 Å². The van der Waals surface area contributed by atoms with Crippen LogP contribution in [-0.2, 0) is 12.8 Å². The van der Waals surface area contributed by atoms with Crippen LogP contribution in [-0.4, -0.2) is 5.54 Å². The largest absolute Gasteiger partial charge is 0.325 e. The lowest BCUT2D eigenvalue weighted by atomic mass is 9.81. The molecule has 1 aromatic carbocycles. The predicted octanol–water partition coefficient (Wildman–Crippen LogP) is 6.04. The molecule has 1 heteroatoms. The Hall–Kier alpha value is -0.820. The summed E-state index contributed by atoms with van der Waals surface area (Å²) in [5.41, 5.74) is 9.67. The van der Waals surface area contributed by atoms with Crippen molar-refractivity contribution < 1.29 is 0 Å². The summed E-state index contributed by atoms with van der Waals surface area (Å²) in [4.78, 5) is 0. The van der Waals surface area contributed by atoms with E-state index in [9.17, 15) is 0 Å². The smallest absolute Gasteiger partial charge is 0.0183 e. The van der Waals surface area contributed by atoms with E-state index in [1.807, 2.05) is 0 Å². The van der Waals surface area contributed by atoms with Gasteiger partial charge in [0.25, 0.3) is 0 Å². The third-order valence-electron chi connectivity index (χ3n) is 5.99. The van der Waals surface area contributed by atoms with Crippen molar-refractivity contribution in [3.63, 3.8) is 0 Å². The first-order valence-electron chi connectivity index (χ1n) is 10.0. The minimum atomic E-state index is 0.0944. The van der Waals surface area contributed by atoms with Gasteiger partial charge in [-0.25, -0.2) is 0 Å². The van der Waals surface area contributed by atoms with Gasteiger partial charge in [0.15, 0.2) is 0 Å². The maximum Gasteiger partial charge on any atom is 0.0183 e. The Morgan fingerprint density at radius 2 is 1.61 bits per heavy atom. The highest BCUT2D eigenvalue weighted by atomic mass is 14.8. The molecule has 0 amide bonds. The topological polar surface area (TPSA) is 26.0 Å². The molecule has 0 spiro atoms. The Morgan fingerprint density at radius 3 is 2.30 bits per heavy atom. The molecule has 1 aromatic rings. The molecule has 2 rings (SSSR count). The molecule has 0 bridgehead atoms. The van der Waals surface area contributed by atoms with E-state index in [-0.39, 0.29) is 5.54 Å². The molecule has 0 saturated heterocycles. The molecular formula is C22H37N. The van der Waals surface area contributed by atoms with Crippen LogP contribution in [0.5, 0.6) is 0 Å². The minimum absolute atomic E-state index is 0.0944. The Labute approximate surface area is 144 Å². The number of hydrogen-bond donors (Lipinski definition) is 1. The summed E-state index contributed by atoms with van der Waals surface area (Å²) >= 11 is 0. The van der Waals surface area contributed by atoms with Crippen molar-refractivity contribution >= 4 is 0 Å². The molecular weight excluding hydrogens is 278 g/mol. The molecule has 0 aromatic heterocycles. The van der Waals surface area contributed by atoms with Gasteiger partial charge in [-0.05, 0) is 55.6 Å². The van der Waals surface area contributed by atoms with Crippen molar-refractivity contribution in [2.75, 3.05) is 0 Å². The molecule has 2 N–H and O–H groups in total. The summed E-state index contributed by atoms with van der Waals surface area (Å²) in [5, 5.41) is 0. The fourth-order valence-electron chi connectivity index (χ4n) is 4.18. The Bertz CT molecular complexity index is 436. The van der Waals surface area contributed by atoms with E-state index < -0.39 is 0 Å². The summed E-state index contributed by atoms with van der Waals surface area (Å²) in [6.07, 6.45) is 15.6. The Morgan fingerprint density at radius 1 is 0.957 bits per heavy atom. The molecule has 1 fully saturated rings. The van der Waals surface area contributed by atoms with Gasteiger partial charge in [0.1, 0.15) is 0 Å². The van der Waals surface area contributed by atoms with Crippen LogP contribution >= 0.6 is 0 Å². The van der Waals surface area contributed by atoms with Crippen molar-refractivity contribution in [1.29, 1.82) is 0 Å². The maximum atomic E-state index is 6.60. The van der Waals surface area contributed by atoms with Gasteiger partial charge in [-0.1, -0.05) is 76.6 Å². The second-order valence-corrected chi connectivity index (χ2v) is 7.71. The van der Waals surface area contributed by atoms with E-state index >= 15 is 0 Å². The lowest BCUT2D eigenvalue weighted by Gasteiger charge is -2.30. The molecule has 2 atom stereocenters. The number of aryl methyl sites for hydroxylation is 1. The Kier molecular flexibility index (Phi) is 7.62. The zero-order valence-electron chi connectivity index (χ0n) is 15.4. The number of hydrogen-bond acceptors (Lipinski definition) is 1. The summed E-state index contributed by atoms with van der Waals surface area (Å²) in [6, 6.07) is 9.39. The van der Waals surface area contributed by atoms with Gasteiger partial charge >= 0.3 is 0 Å². The first kappa shape index (κ1) is 18.5. The highest BCUT2D eigenvalue weighted by molar-refractivity contribution is 5.24. The monoisotopic (exact) mass is 315 g/mol. The van der Waals surface area contributed by atoms with Crippen molar-refractivity contribution in [2.24, 2.45) is 11.7 Å². The van der Waals surface area contributed by atoms with Gasteiger partial charge in [0, 0.05) is 5.54 Å². The third kappa shape index (κ3) is 5.64. The number of unbranched alkanes of at least 4 members (excludes halogenated alkanes) is 5. The van der Waals surface area contributed by atoms with Gasteiger partial charge in [-0.3, -0.25) is 0 Å². The van der Waals surface area contributed by atoms with Crippen LogP contribution < -0.4 is 5.73 Å². The minimum Gasteiger partial charge on any atom is -0.325 e. The highest BCUT2D eigenvalue weighted by Crippen LogP contribution is 2.38. The third-order valence-corrected chi connectivity index (χ3v) is 5.99. The lowest BCUT2D eigenvalue weighted by Crippen LogP contribution is -2.43. The van der Waals surface area contributed by atoms with Crippen LogP contribution in [0.25, 0.3) is 0 Å². The number of benzene rings is 1. The first-order chi connectivity index (χ1) is 11.2. The predicted molar refractivity (Wildman–Crippen MR) is 102 cm³/mol. The molecule has 1 saturated carbocycles. The molecule has 0 heterocycles. The van der Waals surface area contributed by atoms with Crippen LogP contribution in [0.4, 0.5) is 0 Å². The van der Waals surface area contributed by atoms with Crippen molar-refractivity contribution in [3.05, 3.63) is 35.4 Å². The summed E-state index contributed by atoms with van der Waals surface area (Å²) < 4.78 is 0. The zero-order chi connectivity index (χ0) is 16.5. The summed E-state index contributed by atoms with van der Waals surface area (Å²) in [7, 11) is 0. The van der Waals surface area contributed by atoms with E-state index in [1.165, 1.54) is 81.8 Å². The summed E-state index contributed by atoms with van der Waals surface area (Å²) in [6.45, 7) is 4.53. The molecule has 1 aliphatic rings. The van der Waals surface area contributed by atoms with Crippen LogP contribution in [0.2, 0.25) is 0 Å². The van der Waals surface area contributed by atoms with Gasteiger partial charge in [-0.2, -0.15) is 0 Å². The first-order valence-corrected chi connectivity index (χ1v) is 10.0. The van der Waals surface area contributed by atoms with Crippen molar-refractivity contribution in [1.82, 2.24) is 0 Å². The SMILES string of the molecule is CCCCCCCCc1ccc(C[C@H]2CCC[C@@]2(N)CC)cc1. The number of nitrogens with two attached hydrogens (primary N) is 1. The Balaban J connectivity index is 1.74. The average molecular weight is 316 g/mol. The van der Waals surface area contributed by atoms with Gasteiger partial charge in [0.05, 0.1) is 0 Å². The van der Waals surface area contributed by atoms with Gasteiger partial charge in [0.2, 0.25) is 0 Å².